The number of nitrogens with one attached hydrogen (secondary N) is 1. The van der Waals surface area contributed by atoms with Gasteiger partial charge in [-0.15, -0.1) is 0 Å². The van der Waals surface area contributed by atoms with Gasteiger partial charge in [-0.2, -0.15) is 0 Å². The Morgan fingerprint density at radius 2 is 2.08 bits per heavy atom. The second-order valence-electron chi connectivity index (χ2n) is 3.69. The lowest BCUT2D eigenvalue weighted by Gasteiger charge is -2.26. The topological polar surface area (TPSA) is 24.9 Å². The molecule has 1 aliphatic carbocycles. The first-order chi connectivity index (χ1) is 6.45. The van der Waals surface area contributed by atoms with Gasteiger partial charge >= 0.3 is 0 Å². The molecule has 0 amide bonds. The molecule has 1 heterocycles. The van der Waals surface area contributed by atoms with Gasteiger partial charge in [0, 0.05) is 18.4 Å². The fourth-order valence-corrected chi connectivity index (χ4v) is 1.58. The fourth-order valence-electron chi connectivity index (χ4n) is 1.58. The van der Waals surface area contributed by atoms with Crippen LogP contribution in [0.25, 0.3) is 0 Å². The van der Waals surface area contributed by atoms with Crippen LogP contribution in [0.3, 0.4) is 0 Å². The van der Waals surface area contributed by atoms with Gasteiger partial charge in [0.15, 0.2) is 0 Å². The van der Waals surface area contributed by atoms with Gasteiger partial charge in [0.25, 0.3) is 0 Å². The average Bonchev–Trinajstić information content (AvgIpc) is 2.11. The molecule has 0 radical (unpaired) electrons. The predicted octanol–water partition coefficient (Wildman–Crippen LogP) is 1.77. The highest BCUT2D eigenvalue weighted by atomic mass is 14.9. The number of hydrogen-bond acceptors (Lipinski definition) is 2. The summed E-state index contributed by atoms with van der Waals surface area (Å²) in [6.45, 7) is 1.11. The van der Waals surface area contributed by atoms with Gasteiger partial charge in [-0.25, -0.2) is 0 Å². The van der Waals surface area contributed by atoms with Crippen molar-refractivity contribution < 1.29 is 0 Å². The molecule has 0 aliphatic heterocycles. The third-order valence-electron chi connectivity index (χ3n) is 2.70. The van der Waals surface area contributed by atoms with Crippen molar-refractivity contribution in [3.8, 4) is 0 Å². The first-order valence-electron chi connectivity index (χ1n) is 5.07. The maximum absolute atomic E-state index is 4.00. The number of nitrogens with zero attached hydrogens (tertiary/aromatic N) is 1. The van der Waals surface area contributed by atoms with Crippen LogP contribution in [0.2, 0.25) is 0 Å². The molecule has 0 unspecified atom stereocenters. The van der Waals surface area contributed by atoms with Crippen molar-refractivity contribution in [1.82, 2.24) is 10.3 Å². The summed E-state index contributed by atoms with van der Waals surface area (Å²) in [5.74, 6) is 0. The molecule has 1 saturated carbocycles. The second kappa shape index (κ2) is 4.38. The van der Waals surface area contributed by atoms with Crippen molar-refractivity contribution in [2.24, 2.45) is 0 Å². The van der Waals surface area contributed by atoms with Crippen LogP contribution in [0.4, 0.5) is 0 Å². The minimum atomic E-state index is 0.807. The second-order valence-corrected chi connectivity index (χ2v) is 3.69. The highest BCUT2D eigenvalue weighted by molar-refractivity contribution is 5.09. The lowest BCUT2D eigenvalue weighted by Crippen LogP contribution is -2.36. The lowest BCUT2D eigenvalue weighted by atomic mass is 9.93. The van der Waals surface area contributed by atoms with E-state index in [1.807, 2.05) is 12.4 Å². The van der Waals surface area contributed by atoms with E-state index in [0.717, 1.165) is 19.0 Å². The zero-order valence-electron chi connectivity index (χ0n) is 7.87. The molecule has 1 aromatic heterocycles. The van der Waals surface area contributed by atoms with E-state index in [4.69, 9.17) is 0 Å². The molecule has 13 heavy (non-hydrogen) atoms. The Morgan fingerprint density at radius 3 is 2.69 bits per heavy atom. The van der Waals surface area contributed by atoms with Crippen LogP contribution < -0.4 is 5.32 Å². The average molecular weight is 176 g/mol. The summed E-state index contributed by atoms with van der Waals surface area (Å²) < 4.78 is 0. The van der Waals surface area contributed by atoms with Crippen LogP contribution in [0.5, 0.6) is 0 Å². The van der Waals surface area contributed by atoms with Crippen molar-refractivity contribution in [3.05, 3.63) is 30.1 Å². The zero-order valence-corrected chi connectivity index (χ0v) is 7.87. The van der Waals surface area contributed by atoms with E-state index in [0.29, 0.717) is 0 Å². The zero-order chi connectivity index (χ0) is 8.93. The quantitative estimate of drug-likeness (QED) is 0.756. The molecule has 1 fully saturated rings. The Bertz CT molecular complexity index is 242. The third-order valence-corrected chi connectivity index (χ3v) is 2.70. The highest BCUT2D eigenvalue weighted by Gasteiger charge is 2.15. The SMILES string of the molecule is c1cc(CCNC2CCC2)ccn1. The molecule has 1 N–H and O–H groups in total. The van der Waals surface area contributed by atoms with Crippen LogP contribution in [-0.4, -0.2) is 17.6 Å². The normalized spacial score (nSPS) is 16.9. The number of hydrogen-bond donors (Lipinski definition) is 1. The molecule has 0 atom stereocenters. The summed E-state index contributed by atoms with van der Waals surface area (Å²) in [5, 5.41) is 3.55. The van der Waals surface area contributed by atoms with Crippen molar-refractivity contribution >= 4 is 0 Å². The van der Waals surface area contributed by atoms with E-state index in [9.17, 15) is 0 Å². The number of rotatable bonds is 4. The van der Waals surface area contributed by atoms with Gasteiger partial charge in [-0.1, -0.05) is 6.42 Å². The number of aromatic nitrogens is 1. The minimum absolute atomic E-state index is 0.807. The Labute approximate surface area is 79.4 Å². The van der Waals surface area contributed by atoms with Gasteiger partial charge in [-0.05, 0) is 43.5 Å². The standard InChI is InChI=1S/C11H16N2/c1-2-11(3-1)13-9-6-10-4-7-12-8-5-10/h4-5,7-8,11,13H,1-3,6,9H2. The van der Waals surface area contributed by atoms with E-state index in [-0.39, 0.29) is 0 Å². The van der Waals surface area contributed by atoms with Gasteiger partial charge in [0.1, 0.15) is 0 Å². The maximum atomic E-state index is 4.00. The molecule has 2 nitrogen and oxygen atoms in total. The smallest absolute Gasteiger partial charge is 0.0270 e. The summed E-state index contributed by atoms with van der Waals surface area (Å²) in [6.07, 6.45) is 9.00. The Morgan fingerprint density at radius 1 is 1.31 bits per heavy atom. The van der Waals surface area contributed by atoms with Crippen LogP contribution in [0, 0.1) is 0 Å². The highest BCUT2D eigenvalue weighted by Crippen LogP contribution is 2.17. The summed E-state index contributed by atoms with van der Waals surface area (Å²) in [4.78, 5) is 4.00. The minimum Gasteiger partial charge on any atom is -0.314 e. The lowest BCUT2D eigenvalue weighted by molar-refractivity contribution is 0.342. The summed E-state index contributed by atoms with van der Waals surface area (Å²) in [7, 11) is 0. The van der Waals surface area contributed by atoms with Crippen LogP contribution in [0.1, 0.15) is 24.8 Å². The Kier molecular flexibility index (Phi) is 2.93. The molecule has 1 aliphatic rings. The molecule has 0 bridgehead atoms. The number of pyridine rings is 1. The van der Waals surface area contributed by atoms with Gasteiger partial charge < -0.3 is 5.32 Å². The summed E-state index contributed by atoms with van der Waals surface area (Å²) in [6, 6.07) is 4.98. The van der Waals surface area contributed by atoms with E-state index >= 15 is 0 Å². The third kappa shape index (κ3) is 2.52. The van der Waals surface area contributed by atoms with Gasteiger partial charge in [0.2, 0.25) is 0 Å². The first-order valence-corrected chi connectivity index (χ1v) is 5.07. The Hall–Kier alpha value is -0.890. The monoisotopic (exact) mass is 176 g/mol. The van der Waals surface area contributed by atoms with Gasteiger partial charge in [-0.3, -0.25) is 4.98 Å². The molecule has 70 valence electrons. The van der Waals surface area contributed by atoms with Crippen LogP contribution in [0.15, 0.2) is 24.5 Å². The largest absolute Gasteiger partial charge is 0.314 e. The Balaban J connectivity index is 1.67. The first kappa shape index (κ1) is 8.70. The van der Waals surface area contributed by atoms with Crippen LogP contribution >= 0.6 is 0 Å². The molecule has 0 saturated heterocycles. The molecule has 0 aromatic carbocycles. The molecule has 1 aromatic rings. The molecular weight excluding hydrogens is 160 g/mol. The molecule has 2 rings (SSSR count). The molecule has 0 spiro atoms. The van der Waals surface area contributed by atoms with E-state index in [2.05, 4.69) is 22.4 Å². The van der Waals surface area contributed by atoms with Crippen LogP contribution in [-0.2, 0) is 6.42 Å². The van der Waals surface area contributed by atoms with Crippen molar-refractivity contribution in [1.29, 1.82) is 0 Å². The van der Waals surface area contributed by atoms with E-state index in [1.54, 1.807) is 0 Å². The summed E-state index contributed by atoms with van der Waals surface area (Å²) in [5.41, 5.74) is 1.38. The molecule has 2 heteroatoms. The predicted molar refractivity (Wildman–Crippen MR) is 53.6 cm³/mol. The molecular formula is C11H16N2. The van der Waals surface area contributed by atoms with E-state index in [1.165, 1.54) is 24.8 Å². The fraction of sp³-hybridized carbons (Fsp3) is 0.545. The van der Waals surface area contributed by atoms with Crippen molar-refractivity contribution in [2.45, 2.75) is 31.7 Å². The summed E-state index contributed by atoms with van der Waals surface area (Å²) >= 11 is 0. The maximum Gasteiger partial charge on any atom is 0.0270 e. The van der Waals surface area contributed by atoms with Crippen molar-refractivity contribution in [3.63, 3.8) is 0 Å². The van der Waals surface area contributed by atoms with E-state index < -0.39 is 0 Å². The van der Waals surface area contributed by atoms with Gasteiger partial charge in [0.05, 0.1) is 0 Å². The van der Waals surface area contributed by atoms with Crippen molar-refractivity contribution in [2.75, 3.05) is 6.54 Å².